The summed E-state index contributed by atoms with van der Waals surface area (Å²) in [6.45, 7) is 5.14. The van der Waals surface area contributed by atoms with Crippen molar-refractivity contribution in [3.8, 4) is 0 Å². The summed E-state index contributed by atoms with van der Waals surface area (Å²) in [5, 5.41) is 3.09. The number of halogens is 1. The summed E-state index contributed by atoms with van der Waals surface area (Å²) < 4.78 is 0.892. The van der Waals surface area contributed by atoms with Crippen LogP contribution in [0.5, 0.6) is 0 Å². The number of carbonyl (C=O) groups excluding carboxylic acids is 1. The third-order valence-corrected chi connectivity index (χ3v) is 6.11. The summed E-state index contributed by atoms with van der Waals surface area (Å²) in [6.07, 6.45) is 0. The Labute approximate surface area is 155 Å². The highest BCUT2D eigenvalue weighted by Crippen LogP contribution is 2.38. The lowest BCUT2D eigenvalue weighted by molar-refractivity contribution is 0.214. The van der Waals surface area contributed by atoms with Crippen LogP contribution in [0.15, 0.2) is 53.0 Å². The molecule has 2 amide bonds. The number of thioether (sulfide) groups is 1. The number of rotatable bonds is 3. The fraction of sp³-hybridized carbons (Fsp3) is 0.316. The molecule has 0 aromatic heterocycles. The first-order valence-electron chi connectivity index (χ1n) is 8.10. The summed E-state index contributed by atoms with van der Waals surface area (Å²) in [7, 11) is 0. The van der Waals surface area contributed by atoms with Crippen molar-refractivity contribution < 1.29 is 4.79 Å². The van der Waals surface area contributed by atoms with E-state index in [9.17, 15) is 4.79 Å². The van der Waals surface area contributed by atoms with Crippen molar-refractivity contribution in [2.75, 3.05) is 17.6 Å². The molecule has 0 bridgehead atoms. The second-order valence-electron chi connectivity index (χ2n) is 6.15. The maximum absolute atomic E-state index is 12.7. The van der Waals surface area contributed by atoms with Crippen LogP contribution in [0, 0.1) is 0 Å². The van der Waals surface area contributed by atoms with Crippen molar-refractivity contribution in [2.24, 2.45) is 0 Å². The number of urea groups is 1. The SMILES string of the molecule is CC(C)c1ccc([C@@H]2SCCN2C(=O)Nc2ccccc2Br)cc1. The van der Waals surface area contributed by atoms with E-state index in [2.05, 4.69) is 59.4 Å². The number of benzene rings is 2. The van der Waals surface area contributed by atoms with Crippen molar-refractivity contribution in [1.29, 1.82) is 0 Å². The highest BCUT2D eigenvalue weighted by atomic mass is 79.9. The van der Waals surface area contributed by atoms with Gasteiger partial charge in [-0.3, -0.25) is 0 Å². The molecule has 0 radical (unpaired) electrons. The fourth-order valence-electron chi connectivity index (χ4n) is 2.75. The Morgan fingerprint density at radius 1 is 1.21 bits per heavy atom. The van der Waals surface area contributed by atoms with E-state index in [0.29, 0.717) is 5.92 Å². The molecule has 1 heterocycles. The van der Waals surface area contributed by atoms with Gasteiger partial charge in [-0.1, -0.05) is 50.2 Å². The second kappa shape index (κ2) is 7.62. The van der Waals surface area contributed by atoms with Crippen molar-refractivity contribution >= 4 is 39.4 Å². The van der Waals surface area contributed by atoms with Crippen LogP contribution in [0.1, 0.15) is 36.3 Å². The number of carbonyl (C=O) groups is 1. The number of hydrogen-bond acceptors (Lipinski definition) is 2. The molecule has 1 fully saturated rings. The third-order valence-electron chi connectivity index (χ3n) is 4.16. The van der Waals surface area contributed by atoms with Crippen LogP contribution in [0.3, 0.4) is 0 Å². The van der Waals surface area contributed by atoms with Gasteiger partial charge in [0.05, 0.1) is 5.69 Å². The largest absolute Gasteiger partial charge is 0.323 e. The van der Waals surface area contributed by atoms with Gasteiger partial charge in [-0.05, 0) is 45.1 Å². The van der Waals surface area contributed by atoms with Crippen molar-refractivity contribution in [3.05, 3.63) is 64.1 Å². The van der Waals surface area contributed by atoms with Gasteiger partial charge in [0.25, 0.3) is 0 Å². The van der Waals surface area contributed by atoms with Gasteiger partial charge in [-0.15, -0.1) is 11.8 Å². The molecule has 0 saturated carbocycles. The zero-order valence-corrected chi connectivity index (χ0v) is 16.2. The number of nitrogens with zero attached hydrogens (tertiary/aromatic N) is 1. The van der Waals surface area contributed by atoms with Crippen LogP contribution in [0.2, 0.25) is 0 Å². The summed E-state index contributed by atoms with van der Waals surface area (Å²) in [4.78, 5) is 14.6. The Morgan fingerprint density at radius 3 is 2.58 bits per heavy atom. The van der Waals surface area contributed by atoms with E-state index in [4.69, 9.17) is 0 Å². The van der Waals surface area contributed by atoms with E-state index >= 15 is 0 Å². The lowest BCUT2D eigenvalue weighted by Gasteiger charge is -2.25. The smallest absolute Gasteiger partial charge is 0.308 e. The zero-order valence-electron chi connectivity index (χ0n) is 13.8. The number of anilines is 1. The second-order valence-corrected chi connectivity index (χ2v) is 8.19. The van der Waals surface area contributed by atoms with Crippen LogP contribution in [-0.2, 0) is 0 Å². The maximum atomic E-state index is 12.7. The van der Waals surface area contributed by atoms with Gasteiger partial charge >= 0.3 is 6.03 Å². The van der Waals surface area contributed by atoms with Crippen molar-refractivity contribution in [3.63, 3.8) is 0 Å². The first kappa shape index (κ1) is 17.4. The fourth-order valence-corrected chi connectivity index (χ4v) is 4.39. The van der Waals surface area contributed by atoms with Gasteiger partial charge < -0.3 is 10.2 Å². The van der Waals surface area contributed by atoms with Crippen LogP contribution < -0.4 is 5.32 Å². The molecule has 0 aliphatic carbocycles. The molecule has 1 atom stereocenters. The molecule has 3 nitrogen and oxygen atoms in total. The molecule has 1 aliphatic rings. The standard InChI is InChI=1S/C19H21BrN2OS/c1-13(2)14-7-9-15(10-8-14)18-22(11-12-24-18)19(23)21-17-6-4-3-5-16(17)20/h3-10,13,18H,11-12H2,1-2H3,(H,21,23)/t18-/m0/s1. The zero-order chi connectivity index (χ0) is 17.1. The molecular weight excluding hydrogens is 384 g/mol. The monoisotopic (exact) mass is 404 g/mol. The van der Waals surface area contributed by atoms with Gasteiger partial charge in [0, 0.05) is 16.8 Å². The van der Waals surface area contributed by atoms with Crippen LogP contribution in [0.4, 0.5) is 10.5 Å². The van der Waals surface area contributed by atoms with E-state index < -0.39 is 0 Å². The van der Waals surface area contributed by atoms with Crippen LogP contribution in [0.25, 0.3) is 0 Å². The quantitative estimate of drug-likeness (QED) is 0.695. The van der Waals surface area contributed by atoms with Crippen molar-refractivity contribution in [2.45, 2.75) is 25.1 Å². The topological polar surface area (TPSA) is 32.3 Å². The molecule has 1 saturated heterocycles. The highest BCUT2D eigenvalue weighted by Gasteiger charge is 2.30. The Balaban J connectivity index is 1.75. The Bertz CT molecular complexity index is 718. The van der Waals surface area contributed by atoms with E-state index in [0.717, 1.165) is 22.5 Å². The Kier molecular flexibility index (Phi) is 5.51. The summed E-state index contributed by atoms with van der Waals surface area (Å²) in [6, 6.07) is 16.3. The predicted molar refractivity (Wildman–Crippen MR) is 106 cm³/mol. The highest BCUT2D eigenvalue weighted by molar-refractivity contribution is 9.10. The van der Waals surface area contributed by atoms with Gasteiger partial charge in [-0.2, -0.15) is 0 Å². The van der Waals surface area contributed by atoms with Gasteiger partial charge in [0.2, 0.25) is 0 Å². The van der Waals surface area contributed by atoms with Crippen LogP contribution >= 0.6 is 27.7 Å². The molecule has 2 aromatic rings. The molecule has 2 aromatic carbocycles. The third kappa shape index (κ3) is 3.78. The number of para-hydroxylation sites is 1. The van der Waals surface area contributed by atoms with Gasteiger partial charge in [-0.25, -0.2) is 4.79 Å². The molecular formula is C19H21BrN2OS. The predicted octanol–water partition coefficient (Wildman–Crippen LogP) is 5.85. The molecule has 0 unspecified atom stereocenters. The molecule has 5 heteroatoms. The average molecular weight is 405 g/mol. The van der Waals surface area contributed by atoms with Gasteiger partial charge in [0.15, 0.2) is 0 Å². The number of hydrogen-bond donors (Lipinski definition) is 1. The summed E-state index contributed by atoms with van der Waals surface area (Å²) in [5.41, 5.74) is 3.31. The first-order valence-corrected chi connectivity index (χ1v) is 9.94. The molecule has 1 aliphatic heterocycles. The molecule has 1 N–H and O–H groups in total. The molecule has 0 spiro atoms. The molecule has 126 valence electrons. The van der Waals surface area contributed by atoms with E-state index in [1.165, 1.54) is 11.1 Å². The normalized spacial score (nSPS) is 17.3. The lowest BCUT2D eigenvalue weighted by atomic mass is 10.0. The Hall–Kier alpha value is -1.46. The van der Waals surface area contributed by atoms with Crippen molar-refractivity contribution in [1.82, 2.24) is 4.90 Å². The maximum Gasteiger partial charge on any atom is 0.323 e. The first-order chi connectivity index (χ1) is 11.6. The van der Waals surface area contributed by atoms with Crippen LogP contribution in [-0.4, -0.2) is 23.2 Å². The minimum Gasteiger partial charge on any atom is -0.308 e. The molecule has 3 rings (SSSR count). The minimum atomic E-state index is -0.0511. The summed E-state index contributed by atoms with van der Waals surface area (Å²) in [5.74, 6) is 1.48. The number of nitrogens with one attached hydrogen (secondary N) is 1. The summed E-state index contributed by atoms with van der Waals surface area (Å²) >= 11 is 5.29. The number of amides is 2. The van der Waals surface area contributed by atoms with Gasteiger partial charge in [0.1, 0.15) is 5.37 Å². The van der Waals surface area contributed by atoms with E-state index in [-0.39, 0.29) is 11.4 Å². The molecule has 24 heavy (non-hydrogen) atoms. The Morgan fingerprint density at radius 2 is 1.92 bits per heavy atom. The van der Waals surface area contributed by atoms with E-state index in [1.54, 1.807) is 0 Å². The average Bonchev–Trinajstić information content (AvgIpc) is 3.07. The lowest BCUT2D eigenvalue weighted by Crippen LogP contribution is -2.34. The minimum absolute atomic E-state index is 0.0511. The van der Waals surface area contributed by atoms with E-state index in [1.807, 2.05) is 40.9 Å².